The van der Waals surface area contributed by atoms with E-state index in [1.54, 1.807) is 7.11 Å². The molecule has 0 aromatic rings. The maximum Gasteiger partial charge on any atom is 0.242 e. The third-order valence-corrected chi connectivity index (χ3v) is 2.90. The molecule has 1 heterocycles. The van der Waals surface area contributed by atoms with Crippen LogP contribution in [0, 0.1) is 0 Å². The monoisotopic (exact) mass is 245 g/mol. The predicted molar refractivity (Wildman–Crippen MR) is 66.2 cm³/mol. The maximum absolute atomic E-state index is 11.5. The highest BCUT2D eigenvalue weighted by Crippen LogP contribution is 2.04. The molecule has 0 aromatic heterocycles. The summed E-state index contributed by atoms with van der Waals surface area (Å²) >= 11 is 5.27. The van der Waals surface area contributed by atoms with Gasteiger partial charge in [0.05, 0.1) is 6.61 Å². The molecule has 2 N–H and O–H groups in total. The molecular formula is C10H19N3O2S. The minimum Gasteiger partial charge on any atom is -0.383 e. The fourth-order valence-corrected chi connectivity index (χ4v) is 2.10. The predicted octanol–water partition coefficient (Wildman–Crippen LogP) is -0.284. The number of methoxy groups -OCH3 is 1. The van der Waals surface area contributed by atoms with Crippen LogP contribution in [0.1, 0.15) is 13.8 Å². The molecule has 6 heteroatoms. The van der Waals surface area contributed by atoms with Crippen molar-refractivity contribution < 1.29 is 9.53 Å². The van der Waals surface area contributed by atoms with Crippen LogP contribution in [0.3, 0.4) is 0 Å². The van der Waals surface area contributed by atoms with E-state index >= 15 is 0 Å². The van der Waals surface area contributed by atoms with Gasteiger partial charge >= 0.3 is 0 Å². The Morgan fingerprint density at radius 1 is 1.81 bits per heavy atom. The molecule has 92 valence electrons. The number of hydrogen-bond acceptors (Lipinski definition) is 3. The lowest BCUT2D eigenvalue weighted by Gasteiger charge is -2.35. The van der Waals surface area contributed by atoms with E-state index in [-0.39, 0.29) is 18.0 Å². The van der Waals surface area contributed by atoms with Crippen molar-refractivity contribution in [2.75, 3.05) is 26.8 Å². The van der Waals surface area contributed by atoms with Crippen molar-refractivity contribution in [3.63, 3.8) is 0 Å². The summed E-state index contributed by atoms with van der Waals surface area (Å²) in [5.74, 6) is 0.0230. The summed E-state index contributed by atoms with van der Waals surface area (Å²) in [5.41, 5.74) is 0. The lowest BCUT2D eigenvalue weighted by Crippen LogP contribution is -2.59. The molecule has 1 amide bonds. The van der Waals surface area contributed by atoms with Crippen LogP contribution in [0.5, 0.6) is 0 Å². The van der Waals surface area contributed by atoms with E-state index in [1.165, 1.54) is 0 Å². The van der Waals surface area contributed by atoms with Gasteiger partial charge in [-0.05, 0) is 26.1 Å². The van der Waals surface area contributed by atoms with Crippen LogP contribution in [0.15, 0.2) is 0 Å². The summed E-state index contributed by atoms with van der Waals surface area (Å²) in [4.78, 5) is 13.4. The summed E-state index contributed by atoms with van der Waals surface area (Å²) in [6.07, 6.45) is 0. The van der Waals surface area contributed by atoms with Gasteiger partial charge in [-0.25, -0.2) is 0 Å². The fourth-order valence-electron chi connectivity index (χ4n) is 1.65. The Hall–Kier alpha value is -0.880. The molecule has 1 aliphatic heterocycles. The molecule has 0 radical (unpaired) electrons. The molecule has 0 saturated carbocycles. The molecule has 1 rings (SSSR count). The molecule has 0 spiro atoms. The number of carbonyl (C=O) groups excluding carboxylic acids is 1. The van der Waals surface area contributed by atoms with Gasteiger partial charge in [-0.3, -0.25) is 4.79 Å². The second-order valence-corrected chi connectivity index (χ2v) is 4.35. The normalized spacial score (nSPS) is 22.6. The Balaban J connectivity index is 2.49. The van der Waals surface area contributed by atoms with Crippen molar-refractivity contribution in [3.8, 4) is 0 Å². The summed E-state index contributed by atoms with van der Waals surface area (Å²) in [5, 5.41) is 6.57. The lowest BCUT2D eigenvalue weighted by atomic mass is 10.2. The third-order valence-electron chi connectivity index (χ3n) is 2.55. The largest absolute Gasteiger partial charge is 0.383 e. The quantitative estimate of drug-likeness (QED) is 0.670. The van der Waals surface area contributed by atoms with E-state index in [2.05, 4.69) is 10.6 Å². The second kappa shape index (κ2) is 6.00. The summed E-state index contributed by atoms with van der Waals surface area (Å²) in [6.45, 7) is 5.82. The third kappa shape index (κ3) is 3.31. The van der Waals surface area contributed by atoms with E-state index in [4.69, 9.17) is 17.0 Å². The van der Waals surface area contributed by atoms with Gasteiger partial charge < -0.3 is 20.3 Å². The van der Waals surface area contributed by atoms with E-state index in [9.17, 15) is 4.79 Å². The average Bonchev–Trinajstić information content (AvgIpc) is 2.22. The number of ether oxygens (including phenoxy) is 1. The molecule has 0 aliphatic carbocycles. The van der Waals surface area contributed by atoms with Crippen LogP contribution in [0.4, 0.5) is 0 Å². The Morgan fingerprint density at radius 2 is 2.50 bits per heavy atom. The van der Waals surface area contributed by atoms with E-state index in [0.29, 0.717) is 18.3 Å². The van der Waals surface area contributed by atoms with Crippen LogP contribution in [0.25, 0.3) is 0 Å². The van der Waals surface area contributed by atoms with Crippen molar-refractivity contribution in [2.45, 2.75) is 25.9 Å². The molecule has 0 bridgehead atoms. The number of hydrogen-bond donors (Lipinski definition) is 2. The zero-order chi connectivity index (χ0) is 12.1. The number of rotatable bonds is 3. The Bertz CT molecular complexity index is 273. The van der Waals surface area contributed by atoms with Gasteiger partial charge in [0.15, 0.2) is 5.11 Å². The number of carbonyl (C=O) groups is 1. The highest BCUT2D eigenvalue weighted by atomic mass is 32.1. The first kappa shape index (κ1) is 13.2. The van der Waals surface area contributed by atoms with Gasteiger partial charge in [-0.2, -0.15) is 0 Å². The van der Waals surface area contributed by atoms with Gasteiger partial charge in [-0.1, -0.05) is 0 Å². The second-order valence-electron chi connectivity index (χ2n) is 3.97. The lowest BCUT2D eigenvalue weighted by molar-refractivity contribution is -0.126. The van der Waals surface area contributed by atoms with Crippen molar-refractivity contribution in [1.82, 2.24) is 15.5 Å². The highest BCUT2D eigenvalue weighted by molar-refractivity contribution is 7.80. The first-order chi connectivity index (χ1) is 7.56. The number of nitrogens with one attached hydrogen (secondary N) is 2. The first-order valence-electron chi connectivity index (χ1n) is 5.40. The molecule has 2 atom stereocenters. The molecule has 16 heavy (non-hydrogen) atoms. The molecule has 1 fully saturated rings. The van der Waals surface area contributed by atoms with Gasteiger partial charge in [0.2, 0.25) is 5.91 Å². The fraction of sp³-hybridized carbons (Fsp3) is 0.800. The topological polar surface area (TPSA) is 53.6 Å². The van der Waals surface area contributed by atoms with Crippen molar-refractivity contribution in [1.29, 1.82) is 0 Å². The van der Waals surface area contributed by atoms with Gasteiger partial charge in [0.25, 0.3) is 0 Å². The zero-order valence-electron chi connectivity index (χ0n) is 9.95. The zero-order valence-corrected chi connectivity index (χ0v) is 10.8. The Labute approximate surface area is 102 Å². The molecule has 2 unspecified atom stereocenters. The highest BCUT2D eigenvalue weighted by Gasteiger charge is 2.27. The number of thiocarbonyl (C=S) groups is 1. The van der Waals surface area contributed by atoms with Crippen LogP contribution >= 0.6 is 12.2 Å². The van der Waals surface area contributed by atoms with Crippen LogP contribution in [0.2, 0.25) is 0 Å². The maximum atomic E-state index is 11.5. The van der Waals surface area contributed by atoms with E-state index in [0.717, 1.165) is 6.54 Å². The van der Waals surface area contributed by atoms with Crippen molar-refractivity contribution >= 4 is 23.2 Å². The summed E-state index contributed by atoms with van der Waals surface area (Å²) < 4.78 is 5.02. The standard InChI is InChI=1S/C10H19N3O2S/c1-7(6-15-3)12-10(16)13-5-4-11-9(14)8(13)2/h7-8H,4-6H2,1-3H3,(H,11,14)(H,12,16). The van der Waals surface area contributed by atoms with Crippen molar-refractivity contribution in [2.24, 2.45) is 0 Å². The minimum atomic E-state index is -0.205. The SMILES string of the molecule is COCC(C)NC(=S)N1CCNC(=O)C1C. The minimum absolute atomic E-state index is 0.0230. The van der Waals surface area contributed by atoms with E-state index < -0.39 is 0 Å². The van der Waals surface area contributed by atoms with E-state index in [1.807, 2.05) is 18.7 Å². The Kier molecular flexibility index (Phi) is 4.95. The average molecular weight is 245 g/mol. The molecule has 0 aromatic carbocycles. The van der Waals surface area contributed by atoms with Crippen LogP contribution in [-0.4, -0.2) is 54.8 Å². The Morgan fingerprint density at radius 3 is 3.12 bits per heavy atom. The van der Waals surface area contributed by atoms with Gasteiger partial charge in [0.1, 0.15) is 6.04 Å². The number of nitrogens with zero attached hydrogens (tertiary/aromatic N) is 1. The molecule has 1 aliphatic rings. The molecule has 1 saturated heterocycles. The summed E-state index contributed by atoms with van der Waals surface area (Å²) in [6, 6.07) is -0.0572. The van der Waals surface area contributed by atoms with Crippen LogP contribution < -0.4 is 10.6 Å². The van der Waals surface area contributed by atoms with Gasteiger partial charge in [-0.15, -0.1) is 0 Å². The number of amides is 1. The van der Waals surface area contributed by atoms with Crippen molar-refractivity contribution in [3.05, 3.63) is 0 Å². The van der Waals surface area contributed by atoms with Crippen LogP contribution in [-0.2, 0) is 9.53 Å². The molecule has 5 nitrogen and oxygen atoms in total. The summed E-state index contributed by atoms with van der Waals surface area (Å²) in [7, 11) is 1.65. The number of piperazine rings is 1. The van der Waals surface area contributed by atoms with Gasteiger partial charge in [0, 0.05) is 26.2 Å². The smallest absolute Gasteiger partial charge is 0.242 e. The molecular weight excluding hydrogens is 226 g/mol. The first-order valence-corrected chi connectivity index (χ1v) is 5.81.